The van der Waals surface area contributed by atoms with Gasteiger partial charge in [0.1, 0.15) is 0 Å². The quantitative estimate of drug-likeness (QED) is 0.0423. The predicted molar refractivity (Wildman–Crippen MR) is 266 cm³/mol. The number of allylic oxidation sites excluding steroid dienone is 15. The van der Waals surface area contributed by atoms with Crippen LogP contribution in [0.3, 0.4) is 0 Å². The molecule has 0 aromatic rings. The fourth-order valence-corrected chi connectivity index (χ4v) is 7.18. The smallest absolute Gasteiger partial charge is 0.220 e. The molecule has 0 aromatic heterocycles. The molecule has 0 saturated heterocycles. The zero-order valence-corrected chi connectivity index (χ0v) is 39.4. The van der Waals surface area contributed by atoms with E-state index in [0.717, 1.165) is 77.0 Å². The van der Waals surface area contributed by atoms with Gasteiger partial charge in [0, 0.05) is 6.42 Å². The minimum Gasteiger partial charge on any atom is -0.394 e. The Morgan fingerprint density at radius 3 is 1.17 bits per heavy atom. The number of unbranched alkanes of at least 4 members (excludes halogenated alkanes) is 24. The minimum absolute atomic E-state index is 0.0876. The van der Waals surface area contributed by atoms with Gasteiger partial charge in [-0.3, -0.25) is 4.79 Å². The van der Waals surface area contributed by atoms with E-state index in [-0.39, 0.29) is 12.5 Å². The largest absolute Gasteiger partial charge is 0.394 e. The number of hydrogen-bond donors (Lipinski definition) is 3. The molecule has 0 aromatic carbocycles. The van der Waals surface area contributed by atoms with Gasteiger partial charge in [-0.25, -0.2) is 0 Å². The summed E-state index contributed by atoms with van der Waals surface area (Å²) in [5, 5.41) is 23.1. The molecule has 4 nitrogen and oxygen atoms in total. The second kappa shape index (κ2) is 50.7. The fourth-order valence-electron chi connectivity index (χ4n) is 7.18. The fraction of sp³-hybridized carbons (Fsp3) is 0.696. The first-order chi connectivity index (χ1) is 29.7. The van der Waals surface area contributed by atoms with E-state index in [1.807, 2.05) is 6.08 Å². The maximum atomic E-state index is 12.4. The third-order valence-electron chi connectivity index (χ3n) is 11.0. The van der Waals surface area contributed by atoms with Gasteiger partial charge in [-0.2, -0.15) is 0 Å². The second-order valence-corrected chi connectivity index (χ2v) is 16.8. The van der Waals surface area contributed by atoms with Crippen molar-refractivity contribution in [2.75, 3.05) is 6.61 Å². The number of carbonyl (C=O) groups is 1. The second-order valence-electron chi connectivity index (χ2n) is 16.8. The van der Waals surface area contributed by atoms with Crippen LogP contribution >= 0.6 is 0 Å². The topological polar surface area (TPSA) is 69.6 Å². The van der Waals surface area contributed by atoms with Crippen molar-refractivity contribution in [3.63, 3.8) is 0 Å². The van der Waals surface area contributed by atoms with Crippen molar-refractivity contribution in [3.05, 3.63) is 97.2 Å². The van der Waals surface area contributed by atoms with E-state index >= 15 is 0 Å². The van der Waals surface area contributed by atoms with Crippen molar-refractivity contribution in [1.29, 1.82) is 0 Å². The van der Waals surface area contributed by atoms with E-state index in [1.54, 1.807) is 6.08 Å². The lowest BCUT2D eigenvalue weighted by Gasteiger charge is -2.19. The molecule has 0 aliphatic carbocycles. The van der Waals surface area contributed by atoms with Crippen molar-refractivity contribution >= 4 is 5.91 Å². The summed E-state index contributed by atoms with van der Waals surface area (Å²) in [5.41, 5.74) is 0. The van der Waals surface area contributed by atoms with Crippen LogP contribution in [0, 0.1) is 0 Å². The molecule has 2 unspecified atom stereocenters. The Kier molecular flexibility index (Phi) is 48.4. The Labute approximate surface area is 373 Å². The van der Waals surface area contributed by atoms with Crippen LogP contribution < -0.4 is 5.32 Å². The third kappa shape index (κ3) is 46.4. The molecule has 0 spiro atoms. The van der Waals surface area contributed by atoms with Crippen LogP contribution in [-0.2, 0) is 4.79 Å². The minimum atomic E-state index is -0.880. The number of aliphatic hydroxyl groups excluding tert-OH is 2. The molecule has 0 bridgehead atoms. The molecule has 0 aliphatic rings. The summed E-state index contributed by atoms with van der Waals surface area (Å²) in [5.74, 6) is -0.0876. The molecule has 2 atom stereocenters. The average Bonchev–Trinajstić information content (AvgIpc) is 3.25. The van der Waals surface area contributed by atoms with Crippen LogP contribution in [0.1, 0.15) is 232 Å². The highest BCUT2D eigenvalue weighted by Crippen LogP contribution is 2.14. The zero-order chi connectivity index (χ0) is 43.5. The lowest BCUT2D eigenvalue weighted by molar-refractivity contribution is -0.123. The maximum absolute atomic E-state index is 12.4. The Hall–Kier alpha value is -2.69. The Morgan fingerprint density at radius 2 is 0.750 bits per heavy atom. The van der Waals surface area contributed by atoms with Gasteiger partial charge in [0.25, 0.3) is 0 Å². The summed E-state index contributed by atoms with van der Waals surface area (Å²) in [4.78, 5) is 12.4. The van der Waals surface area contributed by atoms with Gasteiger partial charge in [-0.15, -0.1) is 0 Å². The zero-order valence-electron chi connectivity index (χ0n) is 39.4. The summed E-state index contributed by atoms with van der Waals surface area (Å²) >= 11 is 0. The standard InChI is InChI=1S/C56H97NO3/c1-3-5-7-9-11-13-15-17-19-21-23-25-27-28-30-32-34-36-38-40-42-44-46-48-50-52-56(60)57-54(53-58)55(59)51-49-47-45-43-41-39-37-35-33-31-29-26-24-22-20-18-16-14-12-10-8-6-4-2/h5,7,11,13,17,19,23,25,28,30,33,35,41,43,49,51,54-55,58-59H,3-4,6,8-10,12,14-16,18,20-22,24,26-27,29,31-32,34,36-40,42,44-48,50,52-53H2,1-2H3,(H,57,60)/b7-5-,13-11-,19-17-,25-23-,30-28-,35-33+,43-41+,51-49+. The molecule has 60 heavy (non-hydrogen) atoms. The molecule has 3 N–H and O–H groups in total. The summed E-state index contributed by atoms with van der Waals surface area (Å²) in [6, 6.07) is -0.656. The van der Waals surface area contributed by atoms with Gasteiger partial charge in [0.05, 0.1) is 18.8 Å². The first-order valence-electron chi connectivity index (χ1n) is 25.5. The average molecular weight is 832 g/mol. The number of carbonyl (C=O) groups excluding carboxylic acids is 1. The molecule has 0 heterocycles. The SMILES string of the molecule is CC/C=C\C/C=C\C/C=C\C/C=C\C/C=C\CCCCCCCCCCCC(=O)NC(CO)C(O)/C=C/CC/C=C/CC/C=C/CCCCCCCCCCCCCCC. The van der Waals surface area contributed by atoms with E-state index < -0.39 is 12.1 Å². The number of aliphatic hydroxyl groups is 2. The van der Waals surface area contributed by atoms with Crippen molar-refractivity contribution in [1.82, 2.24) is 5.32 Å². The highest BCUT2D eigenvalue weighted by Gasteiger charge is 2.17. The van der Waals surface area contributed by atoms with Gasteiger partial charge >= 0.3 is 0 Å². The molecule has 4 heteroatoms. The summed E-state index contributed by atoms with van der Waals surface area (Å²) in [7, 11) is 0. The van der Waals surface area contributed by atoms with Crippen LogP contribution in [0.4, 0.5) is 0 Å². The van der Waals surface area contributed by atoms with Crippen LogP contribution in [0.25, 0.3) is 0 Å². The van der Waals surface area contributed by atoms with Gasteiger partial charge in [-0.05, 0) is 89.9 Å². The van der Waals surface area contributed by atoms with Gasteiger partial charge < -0.3 is 15.5 Å². The highest BCUT2D eigenvalue weighted by atomic mass is 16.3. The molecule has 0 aliphatic heterocycles. The molecule has 1 amide bonds. The monoisotopic (exact) mass is 832 g/mol. The lowest BCUT2D eigenvalue weighted by Crippen LogP contribution is -2.45. The van der Waals surface area contributed by atoms with Crippen molar-refractivity contribution < 1.29 is 15.0 Å². The van der Waals surface area contributed by atoms with Crippen molar-refractivity contribution in [2.45, 2.75) is 244 Å². The van der Waals surface area contributed by atoms with Crippen molar-refractivity contribution in [2.24, 2.45) is 0 Å². The number of amides is 1. The molecule has 0 fully saturated rings. The number of nitrogens with one attached hydrogen (secondary N) is 1. The molecular weight excluding hydrogens is 735 g/mol. The van der Waals surface area contributed by atoms with Crippen LogP contribution in [0.2, 0.25) is 0 Å². The maximum Gasteiger partial charge on any atom is 0.220 e. The first kappa shape index (κ1) is 57.3. The van der Waals surface area contributed by atoms with Crippen LogP contribution in [0.15, 0.2) is 97.2 Å². The molecule has 344 valence electrons. The van der Waals surface area contributed by atoms with E-state index in [2.05, 4.69) is 104 Å². The van der Waals surface area contributed by atoms with Crippen LogP contribution in [-0.4, -0.2) is 34.9 Å². The molecule has 0 rings (SSSR count). The molecular formula is C56H97NO3. The summed E-state index contributed by atoms with van der Waals surface area (Å²) < 4.78 is 0. The van der Waals surface area contributed by atoms with E-state index in [9.17, 15) is 15.0 Å². The lowest BCUT2D eigenvalue weighted by atomic mass is 10.0. The van der Waals surface area contributed by atoms with Gasteiger partial charge in [0.2, 0.25) is 5.91 Å². The highest BCUT2D eigenvalue weighted by molar-refractivity contribution is 5.76. The van der Waals surface area contributed by atoms with Gasteiger partial charge in [0.15, 0.2) is 0 Å². The molecule has 0 radical (unpaired) electrons. The third-order valence-corrected chi connectivity index (χ3v) is 11.0. The number of hydrogen-bond acceptors (Lipinski definition) is 3. The summed E-state index contributed by atoms with van der Waals surface area (Å²) in [6.07, 6.45) is 75.4. The Bertz CT molecular complexity index is 1130. The number of rotatable bonds is 45. The van der Waals surface area contributed by atoms with E-state index in [0.29, 0.717) is 6.42 Å². The van der Waals surface area contributed by atoms with Crippen molar-refractivity contribution in [3.8, 4) is 0 Å². The Balaban J connectivity index is 3.65. The normalized spacial score (nSPS) is 13.7. The Morgan fingerprint density at radius 1 is 0.417 bits per heavy atom. The van der Waals surface area contributed by atoms with E-state index in [4.69, 9.17) is 0 Å². The predicted octanol–water partition coefficient (Wildman–Crippen LogP) is 16.6. The molecule has 0 saturated carbocycles. The van der Waals surface area contributed by atoms with Crippen LogP contribution in [0.5, 0.6) is 0 Å². The van der Waals surface area contributed by atoms with Gasteiger partial charge in [-0.1, -0.05) is 233 Å². The van der Waals surface area contributed by atoms with E-state index in [1.165, 1.54) is 135 Å². The summed E-state index contributed by atoms with van der Waals surface area (Å²) in [6.45, 7) is 4.18. The first-order valence-corrected chi connectivity index (χ1v) is 25.5.